The van der Waals surface area contributed by atoms with E-state index in [1.165, 1.54) is 12.0 Å². The number of aliphatic hydroxyl groups is 1. The molecule has 0 saturated carbocycles. The quantitative estimate of drug-likeness (QED) is 0.129. The number of anilines is 1. The Morgan fingerprint density at radius 2 is 1.87 bits per heavy atom. The van der Waals surface area contributed by atoms with Gasteiger partial charge in [0, 0.05) is 5.56 Å². The van der Waals surface area contributed by atoms with Gasteiger partial charge in [-0.15, -0.1) is 0 Å². The summed E-state index contributed by atoms with van der Waals surface area (Å²) < 4.78 is 16.0. The highest BCUT2D eigenvalue weighted by Gasteiger charge is 2.48. The van der Waals surface area contributed by atoms with Gasteiger partial charge < -0.3 is 19.3 Å². The largest absolute Gasteiger partial charge is 0.507 e. The minimum absolute atomic E-state index is 0.101. The number of rotatable bonds is 9. The molecular formula is C29H28N2O7S. The molecule has 1 unspecified atom stereocenters. The molecule has 0 spiro atoms. The zero-order chi connectivity index (χ0) is 28.3. The summed E-state index contributed by atoms with van der Waals surface area (Å²) in [6.07, 6.45) is 1.62. The van der Waals surface area contributed by atoms with Crippen molar-refractivity contribution in [2.45, 2.75) is 26.8 Å². The topological polar surface area (TPSA) is 115 Å². The van der Waals surface area contributed by atoms with E-state index in [1.807, 2.05) is 13.8 Å². The van der Waals surface area contributed by atoms with Crippen LogP contribution in [0, 0.1) is 13.8 Å². The molecule has 0 bridgehead atoms. The first-order valence-electron chi connectivity index (χ1n) is 12.2. The van der Waals surface area contributed by atoms with Gasteiger partial charge >= 0.3 is 11.9 Å². The van der Waals surface area contributed by atoms with E-state index in [0.29, 0.717) is 41.5 Å². The summed E-state index contributed by atoms with van der Waals surface area (Å²) in [5.74, 6) is -1.46. The van der Waals surface area contributed by atoms with Gasteiger partial charge in [-0.1, -0.05) is 36.1 Å². The van der Waals surface area contributed by atoms with E-state index in [9.17, 15) is 19.5 Å². The third kappa shape index (κ3) is 5.28. The average Bonchev–Trinajstić information content (AvgIpc) is 3.44. The Bertz CT molecular complexity index is 1470. The summed E-state index contributed by atoms with van der Waals surface area (Å²) >= 11 is 0.938. The molecule has 10 heteroatoms. The van der Waals surface area contributed by atoms with Gasteiger partial charge in [-0.25, -0.2) is 9.78 Å². The van der Waals surface area contributed by atoms with Gasteiger partial charge in [-0.2, -0.15) is 0 Å². The number of hydrogen-bond acceptors (Lipinski definition) is 9. The maximum atomic E-state index is 13.4. The van der Waals surface area contributed by atoms with Crippen LogP contribution in [-0.2, 0) is 14.3 Å². The Kier molecular flexibility index (Phi) is 8.15. The van der Waals surface area contributed by atoms with Gasteiger partial charge in [0.25, 0.3) is 5.78 Å². The maximum absolute atomic E-state index is 13.4. The second-order valence-electron chi connectivity index (χ2n) is 8.65. The molecule has 0 radical (unpaired) electrons. The molecule has 1 atom stereocenters. The van der Waals surface area contributed by atoms with Crippen LogP contribution >= 0.6 is 11.3 Å². The minimum Gasteiger partial charge on any atom is -0.507 e. The predicted octanol–water partition coefficient (Wildman–Crippen LogP) is 5.14. The first kappa shape index (κ1) is 27.6. The van der Waals surface area contributed by atoms with E-state index in [-0.39, 0.29) is 21.3 Å². The number of carbonyl (C=O) groups is 3. The molecule has 1 aliphatic rings. The molecule has 4 rings (SSSR count). The van der Waals surface area contributed by atoms with E-state index >= 15 is 0 Å². The monoisotopic (exact) mass is 548 g/mol. The number of methoxy groups -OCH3 is 1. The van der Waals surface area contributed by atoms with Crippen LogP contribution in [0.15, 0.2) is 60.7 Å². The fourth-order valence-electron chi connectivity index (χ4n) is 4.28. The van der Waals surface area contributed by atoms with Crippen molar-refractivity contribution in [2.24, 2.45) is 0 Å². The van der Waals surface area contributed by atoms with Crippen molar-refractivity contribution in [3.8, 4) is 11.5 Å². The maximum Gasteiger partial charge on any atom is 0.350 e. The lowest BCUT2D eigenvalue weighted by atomic mass is 9.95. The number of aliphatic hydroxyl groups excluding tert-OH is 1. The second-order valence-corrected chi connectivity index (χ2v) is 9.63. The number of benzene rings is 2. The van der Waals surface area contributed by atoms with E-state index in [4.69, 9.17) is 14.2 Å². The van der Waals surface area contributed by atoms with E-state index in [1.54, 1.807) is 55.5 Å². The number of ketones is 1. The summed E-state index contributed by atoms with van der Waals surface area (Å²) in [6, 6.07) is 10.8. The molecule has 0 aliphatic carbocycles. The van der Waals surface area contributed by atoms with Gasteiger partial charge in [0.2, 0.25) is 0 Å². The Morgan fingerprint density at radius 1 is 1.15 bits per heavy atom. The predicted molar refractivity (Wildman–Crippen MR) is 147 cm³/mol. The molecule has 1 aromatic heterocycles. The highest BCUT2D eigenvalue weighted by atomic mass is 32.1. The number of carbonyl (C=O) groups excluding carboxylic acids is 3. The molecule has 1 fully saturated rings. The molecule has 3 aromatic rings. The number of Topliss-reactive ketones (excluding diaryl/α,β-unsaturated/α-hetero) is 1. The first-order chi connectivity index (χ1) is 18.7. The molecule has 1 saturated heterocycles. The lowest BCUT2D eigenvalue weighted by molar-refractivity contribution is -0.132. The Balaban J connectivity index is 1.88. The van der Waals surface area contributed by atoms with Gasteiger partial charge in [-0.3, -0.25) is 14.5 Å². The number of amides is 1. The van der Waals surface area contributed by atoms with Crippen molar-refractivity contribution in [3.63, 3.8) is 0 Å². The lowest BCUT2D eigenvalue weighted by Crippen LogP contribution is -2.29. The van der Waals surface area contributed by atoms with Crippen molar-refractivity contribution in [2.75, 3.05) is 25.2 Å². The van der Waals surface area contributed by atoms with Crippen LogP contribution < -0.4 is 14.4 Å². The van der Waals surface area contributed by atoms with E-state index in [2.05, 4.69) is 11.6 Å². The third-order valence-corrected chi connectivity index (χ3v) is 7.26. The average molecular weight is 549 g/mol. The van der Waals surface area contributed by atoms with Crippen LogP contribution in [0.1, 0.15) is 45.0 Å². The molecule has 9 nitrogen and oxygen atoms in total. The van der Waals surface area contributed by atoms with Crippen LogP contribution in [0.4, 0.5) is 5.13 Å². The van der Waals surface area contributed by atoms with Crippen LogP contribution in [-0.4, -0.2) is 48.1 Å². The van der Waals surface area contributed by atoms with E-state index < -0.39 is 23.7 Å². The van der Waals surface area contributed by atoms with E-state index in [0.717, 1.165) is 16.9 Å². The highest BCUT2D eigenvalue weighted by Crippen LogP contribution is 2.44. The normalized spacial score (nSPS) is 16.3. The standard InChI is InChI=1S/C29H28N2O7S/c1-6-14-38-20-11-8-18(9-12-20)23-22(24(32)19-10-13-21(37-7-2)16(3)15-19)25(33)27(34)31(23)29-30-17(4)26(39-29)28(35)36-5/h6,8-13,15,23,32H,1,7,14H2,2-5H3. The molecule has 1 N–H and O–H groups in total. The molecule has 2 heterocycles. The molecule has 2 aromatic carbocycles. The van der Waals surface area contributed by atoms with Crippen molar-refractivity contribution in [1.29, 1.82) is 0 Å². The highest BCUT2D eigenvalue weighted by molar-refractivity contribution is 7.17. The van der Waals surface area contributed by atoms with Crippen molar-refractivity contribution in [1.82, 2.24) is 4.98 Å². The fraction of sp³-hybridized carbons (Fsp3) is 0.241. The SMILES string of the molecule is C=CCOc1ccc(C2C(=C(O)c3ccc(OCC)c(C)c3)C(=O)C(=O)N2c2nc(C)c(C(=O)OC)s2)cc1. The van der Waals surface area contributed by atoms with Crippen LogP contribution in [0.3, 0.4) is 0 Å². The summed E-state index contributed by atoms with van der Waals surface area (Å²) in [4.78, 5) is 45.0. The Morgan fingerprint density at radius 3 is 2.49 bits per heavy atom. The molecule has 1 aliphatic heterocycles. The number of aryl methyl sites for hydroxylation is 2. The van der Waals surface area contributed by atoms with Crippen LogP contribution in [0.25, 0.3) is 5.76 Å². The van der Waals surface area contributed by atoms with Crippen molar-refractivity contribution in [3.05, 3.63) is 88.0 Å². The fourth-order valence-corrected chi connectivity index (χ4v) is 5.30. The summed E-state index contributed by atoms with van der Waals surface area (Å²) in [7, 11) is 1.25. The zero-order valence-electron chi connectivity index (χ0n) is 22.0. The Hall–Kier alpha value is -4.44. The zero-order valence-corrected chi connectivity index (χ0v) is 22.8. The number of thiazole rings is 1. The first-order valence-corrected chi connectivity index (χ1v) is 13.0. The van der Waals surface area contributed by atoms with Crippen LogP contribution in [0.2, 0.25) is 0 Å². The summed E-state index contributed by atoms with van der Waals surface area (Å²) in [5, 5.41) is 11.6. The van der Waals surface area contributed by atoms with Crippen LogP contribution in [0.5, 0.6) is 11.5 Å². The van der Waals surface area contributed by atoms with Gasteiger partial charge in [0.15, 0.2) is 5.13 Å². The number of esters is 1. The summed E-state index contributed by atoms with van der Waals surface area (Å²) in [5.41, 5.74) is 1.91. The lowest BCUT2D eigenvalue weighted by Gasteiger charge is -2.23. The Labute approximate surface area is 230 Å². The van der Waals surface area contributed by atoms with Gasteiger partial charge in [-0.05, 0) is 62.2 Å². The second kappa shape index (κ2) is 11.5. The minimum atomic E-state index is -1.01. The molecule has 1 amide bonds. The van der Waals surface area contributed by atoms with Crippen molar-refractivity contribution >= 4 is 39.9 Å². The third-order valence-electron chi connectivity index (χ3n) is 6.12. The van der Waals surface area contributed by atoms with Crippen molar-refractivity contribution < 1.29 is 33.7 Å². The molecule has 39 heavy (non-hydrogen) atoms. The summed E-state index contributed by atoms with van der Waals surface area (Å²) in [6.45, 7) is 9.74. The number of hydrogen-bond donors (Lipinski definition) is 1. The smallest absolute Gasteiger partial charge is 0.350 e. The molecule has 202 valence electrons. The van der Waals surface area contributed by atoms with Gasteiger partial charge in [0.1, 0.15) is 28.7 Å². The number of aromatic nitrogens is 1. The number of ether oxygens (including phenoxy) is 3. The molecular weight excluding hydrogens is 520 g/mol. The van der Waals surface area contributed by atoms with Gasteiger partial charge in [0.05, 0.1) is 31.0 Å². The number of nitrogens with zero attached hydrogens (tertiary/aromatic N) is 2.